The van der Waals surface area contributed by atoms with Crippen molar-refractivity contribution in [3.05, 3.63) is 45.5 Å². The van der Waals surface area contributed by atoms with Crippen LogP contribution in [-0.2, 0) is 11.8 Å². The Bertz CT molecular complexity index is 1310. The van der Waals surface area contributed by atoms with E-state index in [4.69, 9.17) is 28.4 Å². The number of rotatable bonds is 25. The standard InChI is InChI=1S/C38H58N2O8/c1-9-13-15-22-47-34-26-31(35(48-23-16-14-10-2)37(46-8)36(34)45-7)38(27-39,29(11-3)12-4)21-17-18-30(40(41)42)24-28-19-20-32(43-5)33(25-28)44-6/h19-20,25-26,29-30H,9-18,21-24H2,1-8H3. The number of nitro groups is 1. The summed E-state index contributed by atoms with van der Waals surface area (Å²) in [5, 5.41) is 23.5. The van der Waals surface area contributed by atoms with Crippen LogP contribution in [-0.4, -0.2) is 52.6 Å². The summed E-state index contributed by atoms with van der Waals surface area (Å²) in [7, 11) is 6.25. The number of unbranched alkanes of at least 4 members (excludes halogenated alkanes) is 4. The zero-order valence-electron chi connectivity index (χ0n) is 30.5. The molecule has 0 bridgehead atoms. The predicted octanol–water partition coefficient (Wildman–Crippen LogP) is 9.11. The van der Waals surface area contributed by atoms with Crippen LogP contribution in [0.3, 0.4) is 0 Å². The fourth-order valence-corrected chi connectivity index (χ4v) is 6.55. The minimum absolute atomic E-state index is 0.0496. The number of nitrogens with zero attached hydrogens (tertiary/aromatic N) is 2. The van der Waals surface area contributed by atoms with Gasteiger partial charge in [-0.15, -0.1) is 0 Å². The van der Waals surface area contributed by atoms with Gasteiger partial charge in [-0.1, -0.05) is 72.3 Å². The maximum atomic E-state index is 12.3. The summed E-state index contributed by atoms with van der Waals surface area (Å²) in [6.07, 6.45) is 8.74. The molecule has 0 aromatic heterocycles. The van der Waals surface area contributed by atoms with E-state index in [1.54, 1.807) is 40.6 Å². The summed E-state index contributed by atoms with van der Waals surface area (Å²) < 4.78 is 35.3. The maximum absolute atomic E-state index is 12.3. The predicted molar refractivity (Wildman–Crippen MR) is 189 cm³/mol. The van der Waals surface area contributed by atoms with E-state index >= 15 is 0 Å². The van der Waals surface area contributed by atoms with E-state index in [2.05, 4.69) is 33.8 Å². The van der Waals surface area contributed by atoms with Crippen molar-refractivity contribution in [3.63, 3.8) is 0 Å². The highest BCUT2D eigenvalue weighted by Gasteiger charge is 2.44. The molecule has 2 aromatic rings. The summed E-state index contributed by atoms with van der Waals surface area (Å²) in [5.74, 6) is 2.87. The molecule has 0 radical (unpaired) electrons. The molecule has 0 aliphatic rings. The molecular weight excluding hydrogens is 612 g/mol. The fourth-order valence-electron chi connectivity index (χ4n) is 6.55. The lowest BCUT2D eigenvalue weighted by atomic mass is 9.65. The lowest BCUT2D eigenvalue weighted by Crippen LogP contribution is -2.35. The molecule has 0 heterocycles. The van der Waals surface area contributed by atoms with Gasteiger partial charge in [0.15, 0.2) is 23.0 Å². The third-order valence-electron chi connectivity index (χ3n) is 9.25. The van der Waals surface area contributed by atoms with Crippen molar-refractivity contribution in [2.24, 2.45) is 5.92 Å². The Morgan fingerprint density at radius 2 is 1.40 bits per heavy atom. The lowest BCUT2D eigenvalue weighted by Gasteiger charge is -2.37. The van der Waals surface area contributed by atoms with Crippen LogP contribution >= 0.6 is 0 Å². The lowest BCUT2D eigenvalue weighted by molar-refractivity contribution is -0.523. The van der Waals surface area contributed by atoms with E-state index < -0.39 is 11.5 Å². The van der Waals surface area contributed by atoms with Gasteiger partial charge in [0.25, 0.3) is 0 Å². The molecule has 0 aliphatic carbocycles. The van der Waals surface area contributed by atoms with Crippen molar-refractivity contribution < 1.29 is 33.3 Å². The van der Waals surface area contributed by atoms with E-state index in [0.717, 1.165) is 56.9 Å². The Kier molecular flexibility index (Phi) is 17.8. The van der Waals surface area contributed by atoms with Crippen molar-refractivity contribution in [1.29, 1.82) is 5.26 Å². The van der Waals surface area contributed by atoms with Crippen molar-refractivity contribution in [1.82, 2.24) is 0 Å². The van der Waals surface area contributed by atoms with Crippen LogP contribution in [0.2, 0.25) is 0 Å². The van der Waals surface area contributed by atoms with E-state index in [-0.39, 0.29) is 17.3 Å². The van der Waals surface area contributed by atoms with Crippen LogP contribution in [0.4, 0.5) is 0 Å². The molecule has 0 saturated carbocycles. The van der Waals surface area contributed by atoms with Crippen LogP contribution in [0.1, 0.15) is 109 Å². The molecular formula is C38H58N2O8. The first-order valence-electron chi connectivity index (χ1n) is 17.6. The van der Waals surface area contributed by atoms with Crippen molar-refractivity contribution >= 4 is 0 Å². The molecule has 2 aromatic carbocycles. The van der Waals surface area contributed by atoms with Crippen LogP contribution < -0.4 is 28.4 Å². The summed E-state index contributed by atoms with van der Waals surface area (Å²) in [5.41, 5.74) is 0.457. The van der Waals surface area contributed by atoms with Gasteiger partial charge in [0, 0.05) is 23.3 Å². The topological polar surface area (TPSA) is 122 Å². The monoisotopic (exact) mass is 670 g/mol. The van der Waals surface area contributed by atoms with E-state index in [1.165, 1.54) is 0 Å². The minimum Gasteiger partial charge on any atom is -0.493 e. The largest absolute Gasteiger partial charge is 0.493 e. The van der Waals surface area contributed by atoms with Crippen LogP contribution in [0.25, 0.3) is 0 Å². The van der Waals surface area contributed by atoms with Gasteiger partial charge in [-0.25, -0.2) is 0 Å². The quantitative estimate of drug-likeness (QED) is 0.0578. The van der Waals surface area contributed by atoms with Gasteiger partial charge in [0.05, 0.1) is 53.1 Å². The zero-order chi connectivity index (χ0) is 35.5. The van der Waals surface area contributed by atoms with Gasteiger partial charge in [-0.2, -0.15) is 5.26 Å². The van der Waals surface area contributed by atoms with Crippen molar-refractivity contribution in [2.75, 3.05) is 41.7 Å². The third kappa shape index (κ3) is 10.3. The number of nitriles is 1. The molecule has 10 heteroatoms. The molecule has 0 aliphatic heterocycles. The first-order valence-corrected chi connectivity index (χ1v) is 17.6. The highest BCUT2D eigenvalue weighted by atomic mass is 16.6. The van der Waals surface area contributed by atoms with Crippen LogP contribution in [0, 0.1) is 27.4 Å². The SMILES string of the molecule is CCCCCOc1cc(C(C#N)(CCCC(Cc2ccc(OC)c(OC)c2)[N+](=O)[O-])C(CC)CC)c(OCCCCC)c(OC)c1OC. The van der Waals surface area contributed by atoms with Gasteiger partial charge in [-0.3, -0.25) is 10.1 Å². The molecule has 2 unspecified atom stereocenters. The van der Waals surface area contributed by atoms with E-state index in [1.807, 2.05) is 12.1 Å². The highest BCUT2D eigenvalue weighted by molar-refractivity contribution is 5.66. The van der Waals surface area contributed by atoms with Crippen molar-refractivity contribution in [3.8, 4) is 40.6 Å². The smallest absolute Gasteiger partial charge is 0.217 e. The van der Waals surface area contributed by atoms with E-state index in [0.29, 0.717) is 72.5 Å². The van der Waals surface area contributed by atoms with Gasteiger partial charge < -0.3 is 28.4 Å². The molecule has 0 N–H and O–H groups in total. The average Bonchev–Trinajstić information content (AvgIpc) is 3.10. The molecule has 0 amide bonds. The molecule has 0 saturated heterocycles. The number of hydrogen-bond donors (Lipinski definition) is 0. The number of methoxy groups -OCH3 is 4. The molecule has 0 fully saturated rings. The Hall–Kier alpha value is -3.87. The Morgan fingerprint density at radius 3 is 1.92 bits per heavy atom. The Balaban J connectivity index is 2.62. The molecule has 2 atom stereocenters. The van der Waals surface area contributed by atoms with Crippen LogP contribution in [0.15, 0.2) is 24.3 Å². The number of hydrogen-bond acceptors (Lipinski definition) is 9. The van der Waals surface area contributed by atoms with E-state index in [9.17, 15) is 15.4 Å². The Labute approximate surface area is 288 Å². The summed E-state index contributed by atoms with van der Waals surface area (Å²) in [6, 6.07) is 9.16. The van der Waals surface area contributed by atoms with Gasteiger partial charge in [-0.05, 0) is 55.4 Å². The Morgan fingerprint density at radius 1 is 0.771 bits per heavy atom. The minimum atomic E-state index is -1.02. The first-order chi connectivity index (χ1) is 23.2. The molecule has 0 spiro atoms. The number of ether oxygens (including phenoxy) is 6. The normalized spacial score (nSPS) is 12.9. The second-order valence-corrected chi connectivity index (χ2v) is 12.3. The average molecular weight is 671 g/mol. The molecule has 268 valence electrons. The molecule has 48 heavy (non-hydrogen) atoms. The second kappa shape index (κ2) is 21.2. The summed E-state index contributed by atoms with van der Waals surface area (Å²) in [4.78, 5) is 12.1. The van der Waals surface area contributed by atoms with Crippen LogP contribution in [0.5, 0.6) is 34.5 Å². The highest BCUT2D eigenvalue weighted by Crippen LogP contribution is 2.54. The van der Waals surface area contributed by atoms with Crippen molar-refractivity contribution in [2.45, 2.75) is 116 Å². The molecule has 10 nitrogen and oxygen atoms in total. The molecule has 2 rings (SSSR count). The second-order valence-electron chi connectivity index (χ2n) is 12.3. The van der Waals surface area contributed by atoms with Gasteiger partial charge in [0.1, 0.15) is 0 Å². The summed E-state index contributed by atoms with van der Waals surface area (Å²) >= 11 is 0. The maximum Gasteiger partial charge on any atom is 0.217 e. The third-order valence-corrected chi connectivity index (χ3v) is 9.25. The first kappa shape index (κ1) is 40.3. The summed E-state index contributed by atoms with van der Waals surface area (Å²) in [6.45, 7) is 9.39. The number of benzene rings is 2. The zero-order valence-corrected chi connectivity index (χ0v) is 30.5. The van der Waals surface area contributed by atoms with Gasteiger partial charge in [0.2, 0.25) is 17.5 Å². The fraction of sp³-hybridized carbons (Fsp3) is 0.658. The van der Waals surface area contributed by atoms with Gasteiger partial charge >= 0.3 is 0 Å².